The first-order valence-electron chi connectivity index (χ1n) is 11.7. The molecule has 1 amide bonds. The number of nitrogens with zero attached hydrogens (tertiary/aromatic N) is 3. The van der Waals surface area contributed by atoms with Crippen molar-refractivity contribution >= 4 is 11.7 Å². The van der Waals surface area contributed by atoms with Crippen molar-refractivity contribution in [2.75, 3.05) is 25.1 Å². The van der Waals surface area contributed by atoms with Gasteiger partial charge in [0.05, 0.1) is 30.2 Å². The Bertz CT molecular complexity index is 1150. The number of ether oxygens (including phenoxy) is 1. The van der Waals surface area contributed by atoms with E-state index in [1.54, 1.807) is 37.3 Å². The molecule has 3 atom stereocenters. The number of alkyl halides is 1. The summed E-state index contributed by atoms with van der Waals surface area (Å²) < 4.78 is 33.7. The monoisotopic (exact) mass is 481 g/mol. The largest absolute Gasteiger partial charge is 0.379 e. The fraction of sp³-hybridized carbons (Fsp3) is 0.385. The van der Waals surface area contributed by atoms with Gasteiger partial charge in [0.25, 0.3) is 5.91 Å². The van der Waals surface area contributed by atoms with Crippen molar-refractivity contribution < 1.29 is 18.3 Å². The molecule has 1 aliphatic heterocycles. The minimum absolute atomic E-state index is 0.0296. The third kappa shape index (κ3) is 6.16. The lowest BCUT2D eigenvalue weighted by Crippen LogP contribution is -2.35. The average Bonchev–Trinajstić information content (AvgIpc) is 3.36. The van der Waals surface area contributed by atoms with E-state index in [4.69, 9.17) is 4.74 Å². The summed E-state index contributed by atoms with van der Waals surface area (Å²) >= 11 is 0. The average molecular weight is 482 g/mol. The van der Waals surface area contributed by atoms with E-state index >= 15 is 0 Å². The third-order valence-corrected chi connectivity index (χ3v) is 6.07. The van der Waals surface area contributed by atoms with Crippen LogP contribution in [0, 0.1) is 5.82 Å². The van der Waals surface area contributed by atoms with Gasteiger partial charge in [-0.05, 0) is 56.2 Å². The molecule has 1 aliphatic rings. The van der Waals surface area contributed by atoms with Crippen LogP contribution in [0.1, 0.15) is 42.7 Å². The molecule has 184 valence electrons. The number of hydrogen-bond acceptors (Lipinski definition) is 6. The molecule has 2 aromatic heterocycles. The minimum Gasteiger partial charge on any atom is -0.379 e. The molecule has 0 unspecified atom stereocenters. The molecule has 35 heavy (non-hydrogen) atoms. The summed E-state index contributed by atoms with van der Waals surface area (Å²) in [6.45, 7) is 4.64. The van der Waals surface area contributed by atoms with Crippen LogP contribution >= 0.6 is 0 Å². The van der Waals surface area contributed by atoms with Gasteiger partial charge < -0.3 is 15.4 Å². The summed E-state index contributed by atoms with van der Waals surface area (Å²) in [5.41, 5.74) is 1.22. The molecular formula is C26H29F2N5O2. The lowest BCUT2D eigenvalue weighted by atomic mass is 9.81. The van der Waals surface area contributed by atoms with Crippen LogP contribution in [0.2, 0.25) is 0 Å². The molecule has 3 aromatic rings. The summed E-state index contributed by atoms with van der Waals surface area (Å²) in [7, 11) is 0. The third-order valence-electron chi connectivity index (χ3n) is 6.07. The first-order valence-corrected chi connectivity index (χ1v) is 11.7. The van der Waals surface area contributed by atoms with E-state index in [2.05, 4.69) is 25.8 Å². The highest BCUT2D eigenvalue weighted by molar-refractivity contribution is 5.95. The normalized spacial score (nSPS) is 18.0. The van der Waals surface area contributed by atoms with Gasteiger partial charge in [-0.2, -0.15) is 0 Å². The lowest BCUT2D eigenvalue weighted by Gasteiger charge is -2.30. The van der Waals surface area contributed by atoms with Gasteiger partial charge in [0.1, 0.15) is 11.6 Å². The predicted octanol–water partition coefficient (Wildman–Crippen LogP) is 4.31. The van der Waals surface area contributed by atoms with E-state index in [9.17, 15) is 13.6 Å². The quantitative estimate of drug-likeness (QED) is 0.473. The van der Waals surface area contributed by atoms with E-state index in [1.807, 2.05) is 6.07 Å². The molecule has 4 rings (SSSR count). The number of rotatable bonds is 9. The van der Waals surface area contributed by atoms with Crippen molar-refractivity contribution in [3.63, 3.8) is 0 Å². The SMILES string of the molecule is C[C@H](F)C[C@@](C)(CNc1ccc(-c2cccc(C(=O)N[C@@H]3CCOC3)c2)nn1)c1ncccc1F. The second-order valence-electron chi connectivity index (χ2n) is 9.15. The van der Waals surface area contributed by atoms with Crippen molar-refractivity contribution in [3.05, 3.63) is 71.8 Å². The molecule has 0 spiro atoms. The molecule has 1 fully saturated rings. The van der Waals surface area contributed by atoms with Crippen molar-refractivity contribution in [3.8, 4) is 11.3 Å². The fourth-order valence-corrected chi connectivity index (χ4v) is 4.31. The molecule has 0 radical (unpaired) electrons. The maximum atomic E-state index is 14.4. The Balaban J connectivity index is 1.45. The highest BCUT2D eigenvalue weighted by Crippen LogP contribution is 2.31. The maximum absolute atomic E-state index is 14.4. The van der Waals surface area contributed by atoms with Gasteiger partial charge in [0, 0.05) is 35.9 Å². The van der Waals surface area contributed by atoms with E-state index < -0.39 is 17.4 Å². The molecule has 1 saturated heterocycles. The van der Waals surface area contributed by atoms with Crippen molar-refractivity contribution in [1.29, 1.82) is 0 Å². The molecule has 0 bridgehead atoms. The minimum atomic E-state index is -1.14. The number of nitrogens with one attached hydrogen (secondary N) is 2. The molecule has 0 saturated carbocycles. The van der Waals surface area contributed by atoms with Gasteiger partial charge in [-0.3, -0.25) is 9.78 Å². The van der Waals surface area contributed by atoms with Crippen LogP contribution in [0.15, 0.2) is 54.7 Å². The Morgan fingerprint density at radius 1 is 1.23 bits per heavy atom. The standard InChI is InChI=1S/C26H29F2N5O2/c1-17(27)14-26(2,24-21(28)7-4-11-29-24)16-30-23-9-8-22(32-33-23)18-5-3-6-19(13-18)25(34)31-20-10-12-35-15-20/h3-9,11,13,17,20H,10,12,14-16H2,1-2H3,(H,30,33)(H,31,34)/t17-,20+,26-/m0/s1. The van der Waals surface area contributed by atoms with Gasteiger partial charge in [-0.1, -0.05) is 19.1 Å². The maximum Gasteiger partial charge on any atom is 0.251 e. The van der Waals surface area contributed by atoms with Crippen LogP contribution in [-0.2, 0) is 10.2 Å². The zero-order valence-electron chi connectivity index (χ0n) is 19.8. The Hall–Kier alpha value is -3.46. The highest BCUT2D eigenvalue weighted by Gasteiger charge is 2.33. The number of anilines is 1. The van der Waals surface area contributed by atoms with E-state index in [-0.39, 0.29) is 30.6 Å². The fourth-order valence-electron chi connectivity index (χ4n) is 4.31. The number of carbonyl (C=O) groups is 1. The van der Waals surface area contributed by atoms with Crippen molar-refractivity contribution in [2.24, 2.45) is 0 Å². The molecule has 2 N–H and O–H groups in total. The van der Waals surface area contributed by atoms with E-state index in [0.29, 0.717) is 30.3 Å². The molecule has 9 heteroatoms. The number of amides is 1. The van der Waals surface area contributed by atoms with E-state index in [1.165, 1.54) is 25.3 Å². The molecular weight excluding hydrogens is 452 g/mol. The molecule has 0 aliphatic carbocycles. The summed E-state index contributed by atoms with van der Waals surface area (Å²) in [5, 5.41) is 14.6. The summed E-state index contributed by atoms with van der Waals surface area (Å²) in [6, 6.07) is 13.6. The number of benzene rings is 1. The topological polar surface area (TPSA) is 89.0 Å². The highest BCUT2D eigenvalue weighted by atomic mass is 19.1. The van der Waals surface area contributed by atoms with E-state index in [0.717, 1.165) is 12.0 Å². The van der Waals surface area contributed by atoms with Crippen LogP contribution in [-0.4, -0.2) is 53.1 Å². The van der Waals surface area contributed by atoms with Crippen molar-refractivity contribution in [1.82, 2.24) is 20.5 Å². The summed E-state index contributed by atoms with van der Waals surface area (Å²) in [6.07, 6.45) is 1.27. The Morgan fingerprint density at radius 3 is 2.77 bits per heavy atom. The first kappa shape index (κ1) is 24.7. The smallest absolute Gasteiger partial charge is 0.251 e. The van der Waals surface area contributed by atoms with Gasteiger partial charge in [0.2, 0.25) is 0 Å². The van der Waals surface area contributed by atoms with Crippen LogP contribution in [0.3, 0.4) is 0 Å². The van der Waals surface area contributed by atoms with Crippen LogP contribution < -0.4 is 10.6 Å². The molecule has 7 nitrogen and oxygen atoms in total. The summed E-state index contributed by atoms with van der Waals surface area (Å²) in [4.78, 5) is 16.7. The van der Waals surface area contributed by atoms with Crippen LogP contribution in [0.25, 0.3) is 11.3 Å². The number of pyridine rings is 1. The molecule has 3 heterocycles. The lowest BCUT2D eigenvalue weighted by molar-refractivity contribution is 0.0930. The zero-order valence-corrected chi connectivity index (χ0v) is 19.8. The number of halogens is 2. The Labute approximate surface area is 203 Å². The Morgan fingerprint density at radius 2 is 2.09 bits per heavy atom. The number of aromatic nitrogens is 3. The number of carbonyl (C=O) groups excluding carboxylic acids is 1. The summed E-state index contributed by atoms with van der Waals surface area (Å²) in [5.74, 6) is -0.155. The second-order valence-corrected chi connectivity index (χ2v) is 9.15. The van der Waals surface area contributed by atoms with Crippen LogP contribution in [0.4, 0.5) is 14.6 Å². The first-order chi connectivity index (χ1) is 16.8. The van der Waals surface area contributed by atoms with Gasteiger partial charge in [0.15, 0.2) is 0 Å². The van der Waals surface area contributed by atoms with Gasteiger partial charge >= 0.3 is 0 Å². The Kier molecular flexibility index (Phi) is 7.65. The second kappa shape index (κ2) is 10.9. The zero-order chi connectivity index (χ0) is 24.8. The molecule has 1 aromatic carbocycles. The van der Waals surface area contributed by atoms with Crippen LogP contribution in [0.5, 0.6) is 0 Å². The number of hydrogen-bond donors (Lipinski definition) is 2. The van der Waals surface area contributed by atoms with Crippen molar-refractivity contribution in [2.45, 2.75) is 44.3 Å². The van der Waals surface area contributed by atoms with Gasteiger partial charge in [-0.25, -0.2) is 8.78 Å². The van der Waals surface area contributed by atoms with Gasteiger partial charge in [-0.15, -0.1) is 10.2 Å². The predicted molar refractivity (Wildman–Crippen MR) is 129 cm³/mol.